The fourth-order valence-electron chi connectivity index (χ4n) is 2.06. The van der Waals surface area contributed by atoms with Crippen LogP contribution in [0, 0.1) is 0 Å². The van der Waals surface area contributed by atoms with Crippen LogP contribution in [0.4, 0.5) is 0 Å². The summed E-state index contributed by atoms with van der Waals surface area (Å²) in [7, 11) is 1.90. The van der Waals surface area contributed by atoms with Crippen LogP contribution in [0.3, 0.4) is 0 Å². The zero-order chi connectivity index (χ0) is 13.0. The zero-order valence-electron chi connectivity index (χ0n) is 10.9. The number of hydrogen-bond donors (Lipinski definition) is 2. The third-order valence-corrected chi connectivity index (χ3v) is 4.55. The molecule has 3 nitrogen and oxygen atoms in total. The summed E-state index contributed by atoms with van der Waals surface area (Å²) in [5.41, 5.74) is 2.50. The first-order valence-corrected chi connectivity index (χ1v) is 7.41. The van der Waals surface area contributed by atoms with Crippen LogP contribution < -0.4 is 10.6 Å². The molecule has 18 heavy (non-hydrogen) atoms. The van der Waals surface area contributed by atoms with E-state index < -0.39 is 0 Å². The second-order valence-corrected chi connectivity index (χ2v) is 5.85. The molecule has 1 aromatic rings. The lowest BCUT2D eigenvalue weighted by Gasteiger charge is -2.24. The Labute approximate surface area is 113 Å². The number of carbonyl (C=O) groups is 1. The first-order chi connectivity index (χ1) is 8.72. The predicted molar refractivity (Wildman–Crippen MR) is 76.9 cm³/mol. The molecular weight excluding hydrogens is 244 g/mol. The van der Waals surface area contributed by atoms with Crippen molar-refractivity contribution in [1.82, 2.24) is 10.6 Å². The molecule has 1 aliphatic heterocycles. The molecular formula is C14H20N2OS. The van der Waals surface area contributed by atoms with Crippen LogP contribution >= 0.6 is 11.8 Å². The summed E-state index contributed by atoms with van der Waals surface area (Å²) in [6.45, 7) is 2.73. The fraction of sp³-hybridized carbons (Fsp3) is 0.500. The molecule has 0 saturated carbocycles. The van der Waals surface area contributed by atoms with E-state index in [2.05, 4.69) is 29.7 Å². The number of rotatable bonds is 4. The number of fused-ring (bicyclic) bond motifs is 1. The largest absolute Gasteiger partial charge is 0.353 e. The monoisotopic (exact) mass is 264 g/mol. The molecule has 1 amide bonds. The fourth-order valence-corrected chi connectivity index (χ4v) is 3.28. The number of nitrogens with one attached hydrogen (secondary N) is 2. The summed E-state index contributed by atoms with van der Waals surface area (Å²) in [4.78, 5) is 12.2. The molecule has 2 unspecified atom stereocenters. The van der Waals surface area contributed by atoms with Gasteiger partial charge in [0.15, 0.2) is 0 Å². The molecule has 0 aliphatic carbocycles. The van der Waals surface area contributed by atoms with Gasteiger partial charge in [0, 0.05) is 12.6 Å². The van der Waals surface area contributed by atoms with Gasteiger partial charge in [-0.3, -0.25) is 4.79 Å². The number of aryl methyl sites for hydroxylation is 1. The van der Waals surface area contributed by atoms with Gasteiger partial charge in [0.2, 0.25) is 5.91 Å². The number of thioether (sulfide) groups is 1. The predicted octanol–water partition coefficient (Wildman–Crippen LogP) is 1.74. The molecule has 0 fully saturated rings. The maximum Gasteiger partial charge on any atom is 0.237 e. The standard InChI is InChI=1S/C14H20N2OS/c1-10(15-2)9-16-14(17)13-12-6-4-3-5-11(12)7-8-18-13/h3-6,10,13,15H,7-9H2,1-2H3,(H,16,17). The van der Waals surface area contributed by atoms with E-state index in [9.17, 15) is 4.79 Å². The van der Waals surface area contributed by atoms with Gasteiger partial charge in [0.25, 0.3) is 0 Å². The molecule has 0 saturated heterocycles. The lowest BCUT2D eigenvalue weighted by atomic mass is 10.0. The Morgan fingerprint density at radius 2 is 2.28 bits per heavy atom. The highest BCUT2D eigenvalue weighted by Crippen LogP contribution is 2.36. The summed E-state index contributed by atoms with van der Waals surface area (Å²) in [5.74, 6) is 1.16. The molecule has 4 heteroatoms. The average molecular weight is 264 g/mol. The van der Waals surface area contributed by atoms with Gasteiger partial charge in [-0.15, -0.1) is 11.8 Å². The van der Waals surface area contributed by atoms with E-state index in [4.69, 9.17) is 0 Å². The SMILES string of the molecule is CNC(C)CNC(=O)C1SCCc2ccccc21. The van der Waals surface area contributed by atoms with Gasteiger partial charge < -0.3 is 10.6 Å². The summed E-state index contributed by atoms with van der Waals surface area (Å²) < 4.78 is 0. The van der Waals surface area contributed by atoms with E-state index in [0.29, 0.717) is 12.6 Å². The second-order valence-electron chi connectivity index (χ2n) is 4.63. The van der Waals surface area contributed by atoms with Gasteiger partial charge in [-0.25, -0.2) is 0 Å². The zero-order valence-corrected chi connectivity index (χ0v) is 11.7. The molecule has 2 atom stereocenters. The van der Waals surface area contributed by atoms with Gasteiger partial charge in [0.05, 0.1) is 0 Å². The highest BCUT2D eigenvalue weighted by Gasteiger charge is 2.26. The summed E-state index contributed by atoms with van der Waals surface area (Å²) in [6, 6.07) is 8.57. The number of hydrogen-bond acceptors (Lipinski definition) is 3. The first kappa shape index (κ1) is 13.4. The van der Waals surface area contributed by atoms with Crippen molar-refractivity contribution >= 4 is 17.7 Å². The van der Waals surface area contributed by atoms with Crippen molar-refractivity contribution in [1.29, 1.82) is 0 Å². The molecule has 0 bridgehead atoms. The Bertz CT molecular complexity index is 422. The Kier molecular flexibility index (Phi) is 4.66. The van der Waals surface area contributed by atoms with Gasteiger partial charge in [-0.1, -0.05) is 24.3 Å². The van der Waals surface area contributed by atoms with Crippen molar-refractivity contribution in [3.63, 3.8) is 0 Å². The lowest BCUT2D eigenvalue weighted by Crippen LogP contribution is -2.39. The maximum atomic E-state index is 12.2. The minimum Gasteiger partial charge on any atom is -0.353 e. The number of carbonyl (C=O) groups excluding carboxylic acids is 1. The third kappa shape index (κ3) is 3.06. The molecule has 98 valence electrons. The molecule has 2 N–H and O–H groups in total. The van der Waals surface area contributed by atoms with Crippen LogP contribution in [-0.2, 0) is 11.2 Å². The van der Waals surface area contributed by atoms with E-state index in [-0.39, 0.29) is 11.2 Å². The Balaban J connectivity index is 2.04. The topological polar surface area (TPSA) is 41.1 Å². The van der Waals surface area contributed by atoms with Crippen molar-refractivity contribution < 1.29 is 4.79 Å². The maximum absolute atomic E-state index is 12.2. The summed E-state index contributed by atoms with van der Waals surface area (Å²) in [6.07, 6.45) is 1.07. The number of amides is 1. The Morgan fingerprint density at radius 1 is 1.50 bits per heavy atom. The van der Waals surface area contributed by atoms with Crippen molar-refractivity contribution in [3.8, 4) is 0 Å². The van der Waals surface area contributed by atoms with Crippen LogP contribution in [-0.4, -0.2) is 31.3 Å². The third-order valence-electron chi connectivity index (χ3n) is 3.31. The molecule has 0 aromatic heterocycles. The molecule has 0 spiro atoms. The van der Waals surface area contributed by atoms with E-state index in [1.54, 1.807) is 11.8 Å². The minimum absolute atomic E-state index is 0.0426. The molecule has 1 heterocycles. The number of likely N-dealkylation sites (N-methyl/N-ethyl adjacent to an activating group) is 1. The van der Waals surface area contributed by atoms with E-state index in [1.165, 1.54) is 11.1 Å². The molecule has 1 aliphatic rings. The van der Waals surface area contributed by atoms with Crippen LogP contribution in [0.1, 0.15) is 23.3 Å². The van der Waals surface area contributed by atoms with Crippen molar-refractivity contribution in [2.45, 2.75) is 24.6 Å². The van der Waals surface area contributed by atoms with Crippen LogP contribution in [0.2, 0.25) is 0 Å². The highest BCUT2D eigenvalue weighted by atomic mass is 32.2. The molecule has 0 radical (unpaired) electrons. The average Bonchev–Trinajstić information content (AvgIpc) is 2.43. The van der Waals surface area contributed by atoms with E-state index in [0.717, 1.165) is 12.2 Å². The van der Waals surface area contributed by atoms with Crippen LogP contribution in [0.15, 0.2) is 24.3 Å². The van der Waals surface area contributed by atoms with Gasteiger partial charge in [-0.05, 0) is 37.3 Å². The lowest BCUT2D eigenvalue weighted by molar-refractivity contribution is -0.120. The van der Waals surface area contributed by atoms with Crippen molar-refractivity contribution in [2.24, 2.45) is 0 Å². The van der Waals surface area contributed by atoms with Gasteiger partial charge >= 0.3 is 0 Å². The minimum atomic E-state index is -0.0426. The quantitative estimate of drug-likeness (QED) is 0.870. The van der Waals surface area contributed by atoms with Crippen LogP contribution in [0.5, 0.6) is 0 Å². The molecule has 2 rings (SSSR count). The Morgan fingerprint density at radius 3 is 3.06 bits per heavy atom. The second kappa shape index (κ2) is 6.25. The van der Waals surface area contributed by atoms with Gasteiger partial charge in [0.1, 0.15) is 5.25 Å². The smallest absolute Gasteiger partial charge is 0.237 e. The molecule has 1 aromatic carbocycles. The summed E-state index contributed by atoms with van der Waals surface area (Å²) in [5, 5.41) is 6.10. The summed E-state index contributed by atoms with van der Waals surface area (Å²) >= 11 is 1.74. The highest BCUT2D eigenvalue weighted by molar-refractivity contribution is 8.00. The van der Waals surface area contributed by atoms with Crippen molar-refractivity contribution in [2.75, 3.05) is 19.3 Å². The van der Waals surface area contributed by atoms with Crippen molar-refractivity contribution in [3.05, 3.63) is 35.4 Å². The van der Waals surface area contributed by atoms with Crippen LogP contribution in [0.25, 0.3) is 0 Å². The first-order valence-electron chi connectivity index (χ1n) is 6.36. The van der Waals surface area contributed by atoms with Gasteiger partial charge in [-0.2, -0.15) is 0 Å². The normalized spacial score (nSPS) is 20.0. The van der Waals surface area contributed by atoms with E-state index in [1.807, 2.05) is 19.2 Å². The Hall–Kier alpha value is -1.00. The van der Waals surface area contributed by atoms with E-state index >= 15 is 0 Å². The number of benzene rings is 1.